The molecule has 0 radical (unpaired) electrons. The Kier molecular flexibility index (Phi) is 5.77. The molecule has 2 aromatic rings. The quantitative estimate of drug-likeness (QED) is 0.819. The molecule has 2 aliphatic rings. The summed E-state index contributed by atoms with van der Waals surface area (Å²) in [5.74, 6) is 0.999. The fraction of sp³-hybridized carbons (Fsp3) is 0.542. The van der Waals surface area contributed by atoms with E-state index in [-0.39, 0.29) is 17.9 Å². The lowest BCUT2D eigenvalue weighted by molar-refractivity contribution is -0.129. The predicted molar refractivity (Wildman–Crippen MR) is 118 cm³/mol. The highest BCUT2D eigenvalue weighted by atomic mass is 16.5. The molecular formula is C24H32N4O3. The van der Waals surface area contributed by atoms with Crippen molar-refractivity contribution in [2.45, 2.75) is 64.0 Å². The number of hydrogen-bond donors (Lipinski definition) is 1. The molecule has 0 saturated carbocycles. The minimum absolute atomic E-state index is 0.0290. The number of fused-ring (bicyclic) bond motifs is 1. The van der Waals surface area contributed by atoms with E-state index < -0.39 is 5.60 Å². The van der Waals surface area contributed by atoms with E-state index in [9.17, 15) is 9.59 Å². The second-order valence-electron chi connectivity index (χ2n) is 8.99. The highest BCUT2D eigenvalue weighted by Gasteiger charge is 2.43. The first-order valence-corrected chi connectivity index (χ1v) is 11.1. The van der Waals surface area contributed by atoms with Crippen LogP contribution in [0.15, 0.2) is 24.3 Å². The van der Waals surface area contributed by atoms with Gasteiger partial charge in [-0.15, -0.1) is 0 Å². The highest BCUT2D eigenvalue weighted by molar-refractivity contribution is 5.77. The van der Waals surface area contributed by atoms with Gasteiger partial charge in [-0.2, -0.15) is 5.10 Å². The molecular weight excluding hydrogens is 392 g/mol. The molecule has 2 atom stereocenters. The SMILES string of the molecule is Cc1nn(C)c(C)c1CCC(=O)N[C@@H]1C[C@]2(CCC(=O)N(C)CC2)Oc2ccccc21. The Morgan fingerprint density at radius 2 is 2.03 bits per heavy atom. The maximum Gasteiger partial charge on any atom is 0.222 e. The van der Waals surface area contributed by atoms with Crippen molar-refractivity contribution in [2.75, 3.05) is 13.6 Å². The number of nitrogens with zero attached hydrogens (tertiary/aromatic N) is 3. The van der Waals surface area contributed by atoms with Crippen LogP contribution in [0.1, 0.15) is 60.7 Å². The molecule has 1 fully saturated rings. The summed E-state index contributed by atoms with van der Waals surface area (Å²) in [5, 5.41) is 7.71. The molecule has 2 aliphatic heterocycles. The molecule has 4 rings (SSSR count). The molecule has 0 aliphatic carbocycles. The van der Waals surface area contributed by atoms with Crippen LogP contribution >= 0.6 is 0 Å². The van der Waals surface area contributed by atoms with Gasteiger partial charge in [-0.1, -0.05) is 18.2 Å². The van der Waals surface area contributed by atoms with Crippen LogP contribution in [-0.2, 0) is 23.1 Å². The molecule has 31 heavy (non-hydrogen) atoms. The molecule has 166 valence electrons. The third kappa shape index (κ3) is 4.31. The number of para-hydroxylation sites is 1. The van der Waals surface area contributed by atoms with Crippen LogP contribution < -0.4 is 10.1 Å². The first-order chi connectivity index (χ1) is 14.8. The molecule has 1 saturated heterocycles. The summed E-state index contributed by atoms with van der Waals surface area (Å²) in [6.45, 7) is 4.69. The largest absolute Gasteiger partial charge is 0.487 e. The summed E-state index contributed by atoms with van der Waals surface area (Å²) >= 11 is 0. The topological polar surface area (TPSA) is 76.5 Å². The van der Waals surface area contributed by atoms with Crippen LogP contribution in [-0.4, -0.2) is 45.7 Å². The van der Waals surface area contributed by atoms with Crippen LogP contribution in [0.4, 0.5) is 0 Å². The summed E-state index contributed by atoms with van der Waals surface area (Å²) in [5.41, 5.74) is 3.82. The zero-order chi connectivity index (χ0) is 22.2. The number of likely N-dealkylation sites (tertiary alicyclic amines) is 1. The second kappa shape index (κ2) is 8.36. The second-order valence-corrected chi connectivity index (χ2v) is 8.99. The number of aryl methyl sites for hydroxylation is 2. The summed E-state index contributed by atoms with van der Waals surface area (Å²) < 4.78 is 8.34. The van der Waals surface area contributed by atoms with E-state index in [4.69, 9.17) is 4.74 Å². The van der Waals surface area contributed by atoms with Gasteiger partial charge in [0.15, 0.2) is 0 Å². The maximum absolute atomic E-state index is 12.9. The third-order valence-electron chi connectivity index (χ3n) is 6.92. The van der Waals surface area contributed by atoms with E-state index in [0.29, 0.717) is 38.6 Å². The Bertz CT molecular complexity index is 999. The van der Waals surface area contributed by atoms with E-state index in [1.54, 1.807) is 4.90 Å². The van der Waals surface area contributed by atoms with Gasteiger partial charge < -0.3 is 15.0 Å². The van der Waals surface area contributed by atoms with Crippen molar-refractivity contribution in [3.05, 3.63) is 46.8 Å². The lowest BCUT2D eigenvalue weighted by Gasteiger charge is -2.42. The molecule has 0 bridgehead atoms. The van der Waals surface area contributed by atoms with Gasteiger partial charge in [-0.3, -0.25) is 14.3 Å². The van der Waals surface area contributed by atoms with E-state index in [2.05, 4.69) is 10.4 Å². The van der Waals surface area contributed by atoms with Gasteiger partial charge in [0.1, 0.15) is 11.4 Å². The fourth-order valence-electron chi connectivity index (χ4n) is 4.88. The van der Waals surface area contributed by atoms with E-state index in [1.807, 2.05) is 56.9 Å². The fourth-order valence-corrected chi connectivity index (χ4v) is 4.88. The molecule has 7 heteroatoms. The molecule has 0 unspecified atom stereocenters. The number of ether oxygens (including phenoxy) is 1. The van der Waals surface area contributed by atoms with Crippen LogP contribution in [0.25, 0.3) is 0 Å². The van der Waals surface area contributed by atoms with Crippen molar-refractivity contribution < 1.29 is 14.3 Å². The van der Waals surface area contributed by atoms with Crippen molar-refractivity contribution in [2.24, 2.45) is 7.05 Å². The molecule has 3 heterocycles. The van der Waals surface area contributed by atoms with Crippen molar-refractivity contribution in [3.63, 3.8) is 0 Å². The Balaban J connectivity index is 1.50. The smallest absolute Gasteiger partial charge is 0.222 e. The molecule has 7 nitrogen and oxygen atoms in total. The number of hydrogen-bond acceptors (Lipinski definition) is 4. The first-order valence-electron chi connectivity index (χ1n) is 11.1. The van der Waals surface area contributed by atoms with Crippen molar-refractivity contribution in [1.82, 2.24) is 20.0 Å². The number of benzene rings is 1. The number of nitrogens with one attached hydrogen (secondary N) is 1. The van der Waals surface area contributed by atoms with Crippen molar-refractivity contribution >= 4 is 11.8 Å². The average Bonchev–Trinajstić information content (AvgIpc) is 2.91. The van der Waals surface area contributed by atoms with Gasteiger partial charge in [-0.05, 0) is 38.3 Å². The lowest BCUT2D eigenvalue weighted by Crippen LogP contribution is -2.46. The number of carbonyl (C=O) groups excluding carboxylic acids is 2. The summed E-state index contributed by atoms with van der Waals surface area (Å²) in [6.07, 6.45) is 3.68. The van der Waals surface area contributed by atoms with Gasteiger partial charge in [0, 0.05) is 57.6 Å². The Labute approximate surface area is 183 Å². The maximum atomic E-state index is 12.9. The molecule has 1 aromatic heterocycles. The Morgan fingerprint density at radius 3 is 2.77 bits per heavy atom. The first kappa shape index (κ1) is 21.4. The molecule has 1 aromatic carbocycles. The number of rotatable bonds is 4. The summed E-state index contributed by atoms with van der Waals surface area (Å²) in [4.78, 5) is 26.9. The van der Waals surface area contributed by atoms with Gasteiger partial charge in [0.05, 0.1) is 11.7 Å². The number of aromatic nitrogens is 2. The van der Waals surface area contributed by atoms with Crippen molar-refractivity contribution in [1.29, 1.82) is 0 Å². The van der Waals surface area contributed by atoms with E-state index >= 15 is 0 Å². The average molecular weight is 425 g/mol. The van der Waals surface area contributed by atoms with Gasteiger partial charge >= 0.3 is 0 Å². The normalized spacial score (nSPS) is 23.3. The monoisotopic (exact) mass is 424 g/mol. The molecule has 2 amide bonds. The third-order valence-corrected chi connectivity index (χ3v) is 6.92. The summed E-state index contributed by atoms with van der Waals surface area (Å²) in [7, 11) is 3.78. The Hall–Kier alpha value is -2.83. The zero-order valence-corrected chi connectivity index (χ0v) is 18.9. The van der Waals surface area contributed by atoms with E-state index in [1.165, 1.54) is 0 Å². The predicted octanol–water partition coefficient (Wildman–Crippen LogP) is 2.99. The Morgan fingerprint density at radius 1 is 1.26 bits per heavy atom. The van der Waals surface area contributed by atoms with Gasteiger partial charge in [0.25, 0.3) is 0 Å². The standard InChI is InChI=1S/C24H32N4O3/c1-16-18(17(2)28(4)26-16)9-10-22(29)25-20-15-24(12-11-23(30)27(3)14-13-24)31-21-8-6-5-7-19(20)21/h5-8,20H,9-15H2,1-4H3,(H,25,29)/t20-,24-/m1/s1. The highest BCUT2D eigenvalue weighted by Crippen LogP contribution is 2.44. The van der Waals surface area contributed by atoms with Crippen molar-refractivity contribution in [3.8, 4) is 5.75 Å². The minimum atomic E-state index is -0.427. The number of amides is 2. The van der Waals surface area contributed by atoms with Crippen LogP contribution in [0.5, 0.6) is 5.75 Å². The van der Waals surface area contributed by atoms with Gasteiger partial charge in [-0.25, -0.2) is 0 Å². The van der Waals surface area contributed by atoms with Crippen LogP contribution in [0, 0.1) is 13.8 Å². The van der Waals surface area contributed by atoms with Crippen LogP contribution in [0.2, 0.25) is 0 Å². The van der Waals surface area contributed by atoms with Crippen LogP contribution in [0.3, 0.4) is 0 Å². The molecule has 1 N–H and O–H groups in total. The molecule has 1 spiro atoms. The zero-order valence-electron chi connectivity index (χ0n) is 18.9. The minimum Gasteiger partial charge on any atom is -0.487 e. The van der Waals surface area contributed by atoms with Gasteiger partial charge in [0.2, 0.25) is 11.8 Å². The number of carbonyl (C=O) groups is 2. The summed E-state index contributed by atoms with van der Waals surface area (Å²) in [6, 6.07) is 7.81. The lowest BCUT2D eigenvalue weighted by atomic mass is 9.82. The van der Waals surface area contributed by atoms with E-state index in [0.717, 1.165) is 34.7 Å².